The molecular formula is C8H16IN3. The first-order valence-corrected chi connectivity index (χ1v) is 3.73. The standard InChI is InChI=1S/C8H15N3.HI/c1-4-6-10-8(9-3)11-7-5-2;/h1H,5-7H2,2-3H3,(H2,9,10,11);1H. The molecule has 0 amide bonds. The molecule has 0 heterocycles. The van der Waals surface area contributed by atoms with E-state index >= 15 is 0 Å². The molecule has 0 saturated heterocycles. The predicted molar refractivity (Wildman–Crippen MR) is 63.9 cm³/mol. The molecule has 70 valence electrons. The molecule has 0 bridgehead atoms. The van der Waals surface area contributed by atoms with Gasteiger partial charge in [-0.15, -0.1) is 30.4 Å². The lowest BCUT2D eigenvalue weighted by Gasteiger charge is -2.07. The van der Waals surface area contributed by atoms with Crippen molar-refractivity contribution in [1.29, 1.82) is 0 Å². The molecule has 0 rings (SSSR count). The second kappa shape index (κ2) is 10.6. The summed E-state index contributed by atoms with van der Waals surface area (Å²) >= 11 is 0. The smallest absolute Gasteiger partial charge is 0.191 e. The number of hydrogen-bond acceptors (Lipinski definition) is 1. The third-order valence-corrected chi connectivity index (χ3v) is 1.12. The van der Waals surface area contributed by atoms with Gasteiger partial charge in [-0.2, -0.15) is 0 Å². The summed E-state index contributed by atoms with van der Waals surface area (Å²) in [6.45, 7) is 3.54. The highest BCUT2D eigenvalue weighted by molar-refractivity contribution is 14.0. The van der Waals surface area contributed by atoms with Crippen molar-refractivity contribution in [3.8, 4) is 12.3 Å². The Bertz CT molecular complexity index is 160. The molecular weight excluding hydrogens is 265 g/mol. The molecule has 0 aliphatic heterocycles. The van der Waals surface area contributed by atoms with Crippen LogP contribution < -0.4 is 10.6 Å². The maximum absolute atomic E-state index is 5.06. The van der Waals surface area contributed by atoms with Crippen LogP contribution in [0.2, 0.25) is 0 Å². The van der Waals surface area contributed by atoms with Crippen molar-refractivity contribution in [1.82, 2.24) is 10.6 Å². The summed E-state index contributed by atoms with van der Waals surface area (Å²) in [5.74, 6) is 3.25. The van der Waals surface area contributed by atoms with Crippen molar-refractivity contribution in [3.05, 3.63) is 0 Å². The normalized spacial score (nSPS) is 9.58. The lowest BCUT2D eigenvalue weighted by molar-refractivity contribution is 0.805. The predicted octanol–water partition coefficient (Wildman–Crippen LogP) is 0.813. The molecule has 4 heteroatoms. The molecule has 0 fully saturated rings. The molecule has 0 atom stereocenters. The van der Waals surface area contributed by atoms with Crippen LogP contribution in [-0.4, -0.2) is 26.1 Å². The van der Waals surface area contributed by atoms with Gasteiger partial charge in [-0.3, -0.25) is 4.99 Å². The quantitative estimate of drug-likeness (QED) is 0.348. The first-order chi connectivity index (χ1) is 5.35. The molecule has 0 aliphatic carbocycles. The topological polar surface area (TPSA) is 36.4 Å². The summed E-state index contributed by atoms with van der Waals surface area (Å²) in [7, 11) is 1.72. The summed E-state index contributed by atoms with van der Waals surface area (Å²) in [4.78, 5) is 3.96. The lowest BCUT2D eigenvalue weighted by atomic mass is 10.5. The first-order valence-electron chi connectivity index (χ1n) is 3.73. The number of hydrogen-bond donors (Lipinski definition) is 2. The third-order valence-electron chi connectivity index (χ3n) is 1.12. The van der Waals surface area contributed by atoms with Crippen molar-refractivity contribution >= 4 is 29.9 Å². The van der Waals surface area contributed by atoms with Gasteiger partial charge in [0.05, 0.1) is 6.54 Å². The van der Waals surface area contributed by atoms with Crippen molar-refractivity contribution in [2.24, 2.45) is 4.99 Å². The summed E-state index contributed by atoms with van der Waals surface area (Å²) in [5.41, 5.74) is 0. The van der Waals surface area contributed by atoms with Crippen LogP contribution in [0.5, 0.6) is 0 Å². The second-order valence-corrected chi connectivity index (χ2v) is 2.06. The van der Waals surface area contributed by atoms with Gasteiger partial charge in [0, 0.05) is 13.6 Å². The molecule has 0 unspecified atom stereocenters. The van der Waals surface area contributed by atoms with Gasteiger partial charge in [0.25, 0.3) is 0 Å². The highest BCUT2D eigenvalue weighted by Gasteiger charge is 1.90. The minimum absolute atomic E-state index is 0. The van der Waals surface area contributed by atoms with Gasteiger partial charge in [0.2, 0.25) is 0 Å². The highest BCUT2D eigenvalue weighted by Crippen LogP contribution is 1.71. The van der Waals surface area contributed by atoms with E-state index in [1.165, 1.54) is 0 Å². The van der Waals surface area contributed by atoms with Gasteiger partial charge in [-0.05, 0) is 6.42 Å². The Morgan fingerprint density at radius 1 is 1.50 bits per heavy atom. The average Bonchev–Trinajstić information content (AvgIpc) is 2.05. The van der Waals surface area contributed by atoms with Gasteiger partial charge in [-0.25, -0.2) is 0 Å². The molecule has 2 N–H and O–H groups in total. The van der Waals surface area contributed by atoms with Crippen LogP contribution in [0.3, 0.4) is 0 Å². The summed E-state index contributed by atoms with van der Waals surface area (Å²) in [6, 6.07) is 0. The van der Waals surface area contributed by atoms with Crippen LogP contribution in [-0.2, 0) is 0 Å². The fourth-order valence-corrected chi connectivity index (χ4v) is 0.599. The zero-order valence-corrected chi connectivity index (χ0v) is 9.88. The van der Waals surface area contributed by atoms with Gasteiger partial charge in [-0.1, -0.05) is 12.8 Å². The molecule has 0 radical (unpaired) electrons. The van der Waals surface area contributed by atoms with Gasteiger partial charge >= 0.3 is 0 Å². The molecule has 0 aliphatic rings. The summed E-state index contributed by atoms with van der Waals surface area (Å²) in [6.07, 6.45) is 6.15. The van der Waals surface area contributed by atoms with E-state index in [1.807, 2.05) is 0 Å². The Labute approximate surface area is 91.4 Å². The van der Waals surface area contributed by atoms with Crippen molar-refractivity contribution in [3.63, 3.8) is 0 Å². The number of guanidine groups is 1. The number of halogens is 1. The van der Waals surface area contributed by atoms with E-state index in [0.29, 0.717) is 6.54 Å². The van der Waals surface area contributed by atoms with Crippen LogP contribution in [0, 0.1) is 12.3 Å². The molecule has 0 aromatic heterocycles. The first kappa shape index (κ1) is 14.1. The van der Waals surface area contributed by atoms with Crippen LogP contribution in [0.15, 0.2) is 4.99 Å². The van der Waals surface area contributed by atoms with Crippen molar-refractivity contribution in [2.75, 3.05) is 20.1 Å². The summed E-state index contributed by atoms with van der Waals surface area (Å²) < 4.78 is 0. The number of nitrogens with zero attached hydrogens (tertiary/aromatic N) is 1. The fourth-order valence-electron chi connectivity index (χ4n) is 0.599. The van der Waals surface area contributed by atoms with Gasteiger partial charge in [0.1, 0.15) is 0 Å². The van der Waals surface area contributed by atoms with E-state index in [0.717, 1.165) is 18.9 Å². The van der Waals surface area contributed by atoms with E-state index in [-0.39, 0.29) is 24.0 Å². The maximum atomic E-state index is 5.06. The Morgan fingerprint density at radius 3 is 2.58 bits per heavy atom. The fraction of sp³-hybridized carbons (Fsp3) is 0.625. The SMILES string of the molecule is C#CCNC(=NC)NCCC.I. The van der Waals surface area contributed by atoms with E-state index in [9.17, 15) is 0 Å². The number of aliphatic imine (C=N–C) groups is 1. The molecule has 0 spiro atoms. The maximum Gasteiger partial charge on any atom is 0.191 e. The molecule has 12 heavy (non-hydrogen) atoms. The van der Waals surface area contributed by atoms with Gasteiger partial charge < -0.3 is 10.6 Å². The number of nitrogens with one attached hydrogen (secondary N) is 2. The van der Waals surface area contributed by atoms with Crippen LogP contribution in [0.4, 0.5) is 0 Å². The van der Waals surface area contributed by atoms with E-state index in [1.54, 1.807) is 7.05 Å². The lowest BCUT2D eigenvalue weighted by Crippen LogP contribution is -2.37. The zero-order chi connectivity index (χ0) is 8.53. The minimum atomic E-state index is 0. The third kappa shape index (κ3) is 7.66. The largest absolute Gasteiger partial charge is 0.356 e. The number of rotatable bonds is 3. The van der Waals surface area contributed by atoms with E-state index < -0.39 is 0 Å². The molecule has 0 aromatic carbocycles. The summed E-state index contributed by atoms with van der Waals surface area (Å²) in [5, 5.41) is 6.05. The zero-order valence-electron chi connectivity index (χ0n) is 7.55. The van der Waals surface area contributed by atoms with E-state index in [4.69, 9.17) is 6.42 Å². The van der Waals surface area contributed by atoms with Gasteiger partial charge in [0.15, 0.2) is 5.96 Å². The van der Waals surface area contributed by atoms with E-state index in [2.05, 4.69) is 28.5 Å². The Morgan fingerprint density at radius 2 is 2.17 bits per heavy atom. The average molecular weight is 281 g/mol. The number of terminal acetylenes is 1. The molecule has 0 aromatic rings. The van der Waals surface area contributed by atoms with Crippen LogP contribution >= 0.6 is 24.0 Å². The Kier molecular flexibility index (Phi) is 12.4. The molecule has 3 nitrogen and oxygen atoms in total. The Hall–Kier alpha value is -0.440. The van der Waals surface area contributed by atoms with Crippen molar-refractivity contribution < 1.29 is 0 Å². The highest BCUT2D eigenvalue weighted by atomic mass is 127. The van der Waals surface area contributed by atoms with Crippen LogP contribution in [0.1, 0.15) is 13.3 Å². The second-order valence-electron chi connectivity index (χ2n) is 2.06. The monoisotopic (exact) mass is 281 g/mol. The van der Waals surface area contributed by atoms with Crippen molar-refractivity contribution in [2.45, 2.75) is 13.3 Å². The Balaban J connectivity index is 0. The molecule has 0 saturated carbocycles. The van der Waals surface area contributed by atoms with Crippen LogP contribution in [0.25, 0.3) is 0 Å². The minimum Gasteiger partial charge on any atom is -0.356 e.